The topological polar surface area (TPSA) is 253 Å². The maximum atomic E-state index is 14.2. The van der Waals surface area contributed by atoms with Crippen molar-refractivity contribution in [1.82, 2.24) is 0 Å². The summed E-state index contributed by atoms with van der Waals surface area (Å²) in [5.74, 6) is 0. The van der Waals surface area contributed by atoms with Gasteiger partial charge >= 0.3 is 16.1 Å². The minimum atomic E-state index is -4.93. The Balaban J connectivity index is 2.49. The van der Waals surface area contributed by atoms with Gasteiger partial charge in [-0.15, -0.1) is 0 Å². The first-order valence-electron chi connectivity index (χ1n) is 25.4. The zero-order valence-electron chi connectivity index (χ0n) is 42.2. The van der Waals surface area contributed by atoms with Crippen molar-refractivity contribution in [2.24, 2.45) is 5.11 Å². The Morgan fingerprint density at radius 3 is 1.57 bits per heavy atom. The minimum Gasteiger partial charge on any atom is -0.379 e. The lowest BCUT2D eigenvalue weighted by atomic mass is 10.1. The summed E-state index contributed by atoms with van der Waals surface area (Å²) >= 11 is 0. The van der Waals surface area contributed by atoms with Gasteiger partial charge in [0.15, 0.2) is 12.6 Å². The van der Waals surface area contributed by atoms with Crippen LogP contribution in [0.3, 0.4) is 0 Å². The number of phosphoric acid groups is 1. The van der Waals surface area contributed by atoms with Crippen molar-refractivity contribution < 1.29 is 84.6 Å². The van der Waals surface area contributed by atoms with E-state index in [0.717, 1.165) is 70.6 Å². The van der Waals surface area contributed by atoms with E-state index in [2.05, 4.69) is 16.9 Å². The van der Waals surface area contributed by atoms with Crippen molar-refractivity contribution in [3.63, 3.8) is 0 Å². The van der Waals surface area contributed by atoms with E-state index in [0.29, 0.717) is 58.9 Å². The summed E-state index contributed by atoms with van der Waals surface area (Å²) in [6.45, 7) is 16.3. The molecule has 0 aromatic heterocycles. The van der Waals surface area contributed by atoms with Crippen molar-refractivity contribution in [2.45, 2.75) is 206 Å². The lowest BCUT2D eigenvalue weighted by molar-refractivity contribution is -0.217. The second-order valence-electron chi connectivity index (χ2n) is 16.9. The van der Waals surface area contributed by atoms with Crippen molar-refractivity contribution in [3.05, 3.63) is 10.4 Å². The van der Waals surface area contributed by atoms with Crippen molar-refractivity contribution in [2.75, 3.05) is 85.8 Å². The van der Waals surface area contributed by atoms with Gasteiger partial charge < -0.3 is 66.4 Å². The molecule has 2 heterocycles. The van der Waals surface area contributed by atoms with Crippen LogP contribution >= 0.6 is 16.1 Å². The molecule has 0 aromatic rings. The van der Waals surface area contributed by atoms with Crippen molar-refractivity contribution in [1.29, 1.82) is 0 Å². The highest BCUT2D eigenvalue weighted by molar-refractivity contribution is 7.47. The number of hydrogen-bond acceptors (Lipinski definition) is 17. The third-order valence-corrected chi connectivity index (χ3v) is 12.5. The Morgan fingerprint density at radius 2 is 1.06 bits per heavy atom. The molecule has 402 valence electrons. The van der Waals surface area contributed by atoms with Crippen LogP contribution in [-0.2, 0) is 74.8 Å². The summed E-state index contributed by atoms with van der Waals surface area (Å²) in [7, 11) is -8.34. The molecule has 2 fully saturated rings. The van der Waals surface area contributed by atoms with Gasteiger partial charge in [0.2, 0.25) is 0 Å². The third kappa shape index (κ3) is 25.7. The highest BCUT2D eigenvalue weighted by Gasteiger charge is 2.51. The van der Waals surface area contributed by atoms with Gasteiger partial charge in [-0.3, -0.25) is 13.6 Å². The fraction of sp³-hybridized carbons (Fsp3) is 1.00. The lowest BCUT2D eigenvalue weighted by Gasteiger charge is -2.35. The number of rotatable bonds is 46. The van der Waals surface area contributed by atoms with Gasteiger partial charge in [0.25, 0.3) is 0 Å². The van der Waals surface area contributed by atoms with E-state index in [9.17, 15) is 18.9 Å². The molecule has 0 bridgehead atoms. The van der Waals surface area contributed by atoms with Gasteiger partial charge in [0, 0.05) is 57.7 Å². The second kappa shape index (κ2) is 39.6. The first-order valence-corrected chi connectivity index (χ1v) is 28.1. The fourth-order valence-electron chi connectivity index (χ4n) is 7.12. The standard InChI is InChI=1S/C45H89N3O18P2/c1-8-15-23-53-31-37-40(65-67(49)50)42(58-28-20-13-6)45(63-37)61-33-35(55-25-17-10-3)39(57-27-19-12-5)36(56-26-18-11-4)34-62-68(51,52)66-41-38(32-54-24-16-9-2)64-44(60-30-22-47-48-46)43(41)59-29-21-14-7/h35-45,67H,8-34H2,1-7H3,(H,49,50)(H,51,52)/t35?,36?,37-,38-,39?,40?,41?,42+,43+,44-,45-/m1/s1. The number of hydrogen-bond donors (Lipinski definition) is 2. The van der Waals surface area contributed by atoms with Gasteiger partial charge in [-0.05, 0) is 50.5 Å². The van der Waals surface area contributed by atoms with E-state index < -0.39 is 90.2 Å². The molecular formula is C45H89N3O18P2. The van der Waals surface area contributed by atoms with Crippen LogP contribution in [0.2, 0.25) is 0 Å². The molecule has 2 N–H and O–H groups in total. The molecule has 0 aromatic carbocycles. The Labute approximate surface area is 407 Å². The van der Waals surface area contributed by atoms with Crippen LogP contribution in [0.4, 0.5) is 0 Å². The van der Waals surface area contributed by atoms with Crippen molar-refractivity contribution in [3.8, 4) is 0 Å². The Hall–Kier alpha value is -0.870. The molecule has 0 saturated carbocycles. The summed E-state index contributed by atoms with van der Waals surface area (Å²) in [5, 5.41) is 3.54. The number of azide groups is 1. The second-order valence-corrected chi connectivity index (χ2v) is 19.1. The summed E-state index contributed by atoms with van der Waals surface area (Å²) in [6.07, 6.45) is 0.881. The minimum absolute atomic E-state index is 0.0133. The summed E-state index contributed by atoms with van der Waals surface area (Å²) in [4.78, 5) is 24.3. The molecule has 0 spiro atoms. The van der Waals surface area contributed by atoms with E-state index in [4.69, 9.17) is 71.2 Å². The molecule has 2 rings (SSSR count). The van der Waals surface area contributed by atoms with Gasteiger partial charge in [0.05, 0.1) is 33.0 Å². The molecule has 21 nitrogen and oxygen atoms in total. The van der Waals surface area contributed by atoms with Crippen LogP contribution in [0, 0.1) is 0 Å². The molecule has 68 heavy (non-hydrogen) atoms. The SMILES string of the molecule is CCCCOC[C@H]1O[C@@H](OCC(OCCCC)C(OCCCC)C(COP(=O)(O)OC2[C@@H](COCCCC)O[C@@H](OCCN=[N+]=[N-])[C@H]2OCCCC)OCCCC)[C@@H](OCCCC)C1O[PH](=O)O. The molecule has 0 radical (unpaired) electrons. The first kappa shape index (κ1) is 63.2. The Bertz CT molecular complexity index is 1360. The smallest absolute Gasteiger partial charge is 0.379 e. The van der Waals surface area contributed by atoms with Gasteiger partial charge in [-0.1, -0.05) is 98.5 Å². The number of phosphoric ester groups is 1. The number of nitrogens with zero attached hydrogens (tertiary/aromatic N) is 3. The van der Waals surface area contributed by atoms with E-state index in [1.807, 2.05) is 41.5 Å². The molecule has 7 unspecified atom stereocenters. The van der Waals surface area contributed by atoms with Gasteiger partial charge in [-0.2, -0.15) is 0 Å². The normalized spacial score (nSPS) is 25.5. The summed E-state index contributed by atoms with van der Waals surface area (Å²) < 4.78 is 112. The van der Waals surface area contributed by atoms with E-state index in [-0.39, 0.29) is 39.6 Å². The third-order valence-electron chi connectivity index (χ3n) is 11.1. The zero-order valence-corrected chi connectivity index (χ0v) is 44.1. The van der Waals surface area contributed by atoms with Crippen LogP contribution in [-0.4, -0.2) is 163 Å². The highest BCUT2D eigenvalue weighted by Crippen LogP contribution is 2.48. The number of unbranched alkanes of at least 4 members (excludes halogenated alkanes) is 7. The maximum Gasteiger partial charge on any atom is 0.472 e. The average molecular weight is 1020 g/mol. The van der Waals surface area contributed by atoms with Crippen LogP contribution < -0.4 is 0 Å². The molecule has 0 aliphatic carbocycles. The van der Waals surface area contributed by atoms with Gasteiger partial charge in [-0.25, -0.2) is 4.57 Å². The molecule has 13 atom stereocenters. The molecule has 2 aliphatic rings. The summed E-state index contributed by atoms with van der Waals surface area (Å²) in [6, 6.07) is 0. The lowest BCUT2D eigenvalue weighted by Crippen LogP contribution is -2.49. The molecule has 23 heteroatoms. The maximum absolute atomic E-state index is 14.2. The Kier molecular flexibility index (Phi) is 36.9. The monoisotopic (exact) mass is 1020 g/mol. The van der Waals surface area contributed by atoms with E-state index >= 15 is 0 Å². The van der Waals surface area contributed by atoms with E-state index in [1.165, 1.54) is 0 Å². The molecule has 0 amide bonds. The van der Waals surface area contributed by atoms with Crippen LogP contribution in [0.15, 0.2) is 5.11 Å². The number of ether oxygens (including phenoxy) is 11. The van der Waals surface area contributed by atoms with Crippen molar-refractivity contribution >= 4 is 16.1 Å². The molecule has 2 saturated heterocycles. The van der Waals surface area contributed by atoms with Gasteiger partial charge in [0.1, 0.15) is 54.9 Å². The predicted octanol–water partition coefficient (Wildman–Crippen LogP) is 8.61. The fourth-order valence-corrected chi connectivity index (χ4v) is 8.60. The van der Waals surface area contributed by atoms with Crippen LogP contribution in [0.1, 0.15) is 138 Å². The Morgan fingerprint density at radius 1 is 0.603 bits per heavy atom. The molecule has 2 aliphatic heterocycles. The largest absolute Gasteiger partial charge is 0.472 e. The van der Waals surface area contributed by atoms with E-state index in [1.54, 1.807) is 0 Å². The zero-order chi connectivity index (χ0) is 49.8. The quantitative estimate of drug-likeness (QED) is 0.0190. The summed E-state index contributed by atoms with van der Waals surface area (Å²) in [5.41, 5.74) is 8.79. The molecular weight excluding hydrogens is 932 g/mol. The van der Waals surface area contributed by atoms with Crippen LogP contribution in [0.5, 0.6) is 0 Å². The first-order chi connectivity index (χ1) is 33.0. The predicted molar refractivity (Wildman–Crippen MR) is 255 cm³/mol. The highest BCUT2D eigenvalue weighted by atomic mass is 31.2. The average Bonchev–Trinajstić information content (AvgIpc) is 3.80. The van der Waals surface area contributed by atoms with Crippen LogP contribution in [0.25, 0.3) is 10.4 Å².